The van der Waals surface area contributed by atoms with Gasteiger partial charge in [-0.05, 0) is 60.5 Å². The maximum Gasteiger partial charge on any atom is 0.162 e. The molecule has 7 nitrogen and oxygen atoms in total. The van der Waals surface area contributed by atoms with E-state index >= 15 is 0 Å². The molecular weight excluding hydrogens is 763 g/mol. The summed E-state index contributed by atoms with van der Waals surface area (Å²) in [5.41, 5.74) is 18.1. The van der Waals surface area contributed by atoms with Crippen molar-refractivity contribution >= 4 is 77.7 Å². The molecule has 7 heteroatoms. The molecule has 296 valence electrons. The summed E-state index contributed by atoms with van der Waals surface area (Å²) in [7, 11) is 0. The van der Waals surface area contributed by atoms with Crippen molar-refractivity contribution in [1.29, 1.82) is 0 Å². The second-order valence-electron chi connectivity index (χ2n) is 14.9. The monoisotopic (exact) mass is 801 g/mol. The molecule has 3 aromatic heterocycles. The van der Waals surface area contributed by atoms with Gasteiger partial charge in [-0.3, -0.25) is 0 Å². The Hall–Kier alpha value is -8.42. The van der Waals surface area contributed by atoms with Crippen LogP contribution in [0.1, 0.15) is 29.3 Å². The molecule has 62 heavy (non-hydrogen) atoms. The number of allylic oxidation sites excluding steroid dienone is 5. The van der Waals surface area contributed by atoms with Crippen molar-refractivity contribution in [2.45, 2.75) is 6.92 Å². The SMILES string of the molecule is C=C/C=C(\C=C/C)c1nc(-c2cccc3oc4ccc(-c5ccc6oc7cccc(C(=C)N=C(N=C(N)c8ccccc8)c8ccccc8)c7c6c5)cc4c23)nc2ccccc12. The van der Waals surface area contributed by atoms with E-state index in [0.717, 1.165) is 99.4 Å². The Bertz CT molecular complexity index is 3520. The van der Waals surface area contributed by atoms with Gasteiger partial charge in [0.05, 0.1) is 16.9 Å². The summed E-state index contributed by atoms with van der Waals surface area (Å²) < 4.78 is 12.9. The third kappa shape index (κ3) is 6.87. The first-order chi connectivity index (χ1) is 30.5. The summed E-state index contributed by atoms with van der Waals surface area (Å²) in [5.74, 6) is 1.43. The Labute approximate surface area is 357 Å². The van der Waals surface area contributed by atoms with Crippen LogP contribution in [0, 0.1) is 0 Å². The maximum atomic E-state index is 6.53. The number of hydrogen-bond acceptors (Lipinski definition) is 5. The van der Waals surface area contributed by atoms with Crippen molar-refractivity contribution in [2.24, 2.45) is 15.7 Å². The topological polar surface area (TPSA) is 103 Å². The number of rotatable bonds is 9. The van der Waals surface area contributed by atoms with Gasteiger partial charge in [-0.1, -0.05) is 153 Å². The van der Waals surface area contributed by atoms with Gasteiger partial charge in [0.1, 0.15) is 28.2 Å². The van der Waals surface area contributed by atoms with Gasteiger partial charge in [0.25, 0.3) is 0 Å². The average Bonchev–Trinajstić information content (AvgIpc) is 3.89. The fraction of sp³-hybridized carbons (Fsp3) is 0.0182. The van der Waals surface area contributed by atoms with Crippen LogP contribution in [0.15, 0.2) is 214 Å². The minimum Gasteiger partial charge on any atom is -0.456 e. The quantitative estimate of drug-likeness (QED) is 0.0889. The molecule has 0 atom stereocenters. The largest absolute Gasteiger partial charge is 0.456 e. The van der Waals surface area contributed by atoms with Gasteiger partial charge in [0, 0.05) is 54.8 Å². The van der Waals surface area contributed by atoms with Gasteiger partial charge in [-0.25, -0.2) is 20.0 Å². The molecule has 0 fully saturated rings. The number of hydrogen-bond donors (Lipinski definition) is 1. The fourth-order valence-electron chi connectivity index (χ4n) is 8.09. The first-order valence-corrected chi connectivity index (χ1v) is 20.3. The van der Waals surface area contributed by atoms with E-state index in [4.69, 9.17) is 34.5 Å². The Kier molecular flexibility index (Phi) is 9.75. The van der Waals surface area contributed by atoms with Crippen molar-refractivity contribution in [1.82, 2.24) is 9.97 Å². The van der Waals surface area contributed by atoms with E-state index in [0.29, 0.717) is 23.2 Å². The molecule has 0 aliphatic heterocycles. The zero-order valence-corrected chi connectivity index (χ0v) is 33.9. The van der Waals surface area contributed by atoms with Gasteiger partial charge in [-0.15, -0.1) is 0 Å². The van der Waals surface area contributed by atoms with Crippen LogP contribution in [-0.2, 0) is 0 Å². The zero-order valence-electron chi connectivity index (χ0n) is 33.9. The Morgan fingerprint density at radius 3 is 1.94 bits per heavy atom. The molecule has 0 saturated heterocycles. The number of benzene rings is 7. The van der Waals surface area contributed by atoms with Crippen molar-refractivity contribution in [3.8, 4) is 22.5 Å². The Balaban J connectivity index is 1.09. The fourth-order valence-corrected chi connectivity index (χ4v) is 8.09. The van der Waals surface area contributed by atoms with Crippen LogP contribution in [0.4, 0.5) is 0 Å². The second kappa shape index (κ2) is 16.0. The Morgan fingerprint density at radius 2 is 1.24 bits per heavy atom. The number of para-hydroxylation sites is 1. The predicted octanol–water partition coefficient (Wildman–Crippen LogP) is 13.7. The number of furan rings is 2. The second-order valence-corrected chi connectivity index (χ2v) is 14.9. The highest BCUT2D eigenvalue weighted by atomic mass is 16.3. The van der Waals surface area contributed by atoms with E-state index in [2.05, 4.69) is 49.6 Å². The molecule has 0 bridgehead atoms. The number of fused-ring (bicyclic) bond motifs is 7. The van der Waals surface area contributed by atoms with E-state index in [1.807, 2.05) is 146 Å². The van der Waals surface area contributed by atoms with Crippen molar-refractivity contribution in [3.05, 3.63) is 218 Å². The molecule has 10 rings (SSSR count). The van der Waals surface area contributed by atoms with Gasteiger partial charge < -0.3 is 14.6 Å². The lowest BCUT2D eigenvalue weighted by molar-refractivity contribution is 0.668. The minimum atomic E-state index is 0.362. The van der Waals surface area contributed by atoms with E-state index in [9.17, 15) is 0 Å². The van der Waals surface area contributed by atoms with Crippen LogP contribution in [0.3, 0.4) is 0 Å². The molecule has 10 aromatic rings. The lowest BCUT2D eigenvalue weighted by Gasteiger charge is -2.11. The summed E-state index contributed by atoms with van der Waals surface area (Å²) >= 11 is 0. The van der Waals surface area contributed by atoms with Crippen LogP contribution in [0.2, 0.25) is 0 Å². The van der Waals surface area contributed by atoms with Crippen LogP contribution in [0.5, 0.6) is 0 Å². The van der Waals surface area contributed by atoms with Crippen LogP contribution >= 0.6 is 0 Å². The molecule has 3 heterocycles. The molecule has 7 aromatic carbocycles. The van der Waals surface area contributed by atoms with E-state index in [1.165, 1.54) is 0 Å². The van der Waals surface area contributed by atoms with Gasteiger partial charge in [-0.2, -0.15) is 0 Å². The third-order valence-corrected chi connectivity index (χ3v) is 11.0. The minimum absolute atomic E-state index is 0.362. The molecule has 0 saturated carbocycles. The molecule has 0 aliphatic rings. The highest BCUT2D eigenvalue weighted by Crippen LogP contribution is 2.41. The van der Waals surface area contributed by atoms with E-state index in [1.54, 1.807) is 6.08 Å². The number of amidine groups is 2. The Morgan fingerprint density at radius 1 is 0.613 bits per heavy atom. The average molecular weight is 802 g/mol. The summed E-state index contributed by atoms with van der Waals surface area (Å²) in [6.45, 7) is 10.4. The maximum absolute atomic E-state index is 6.53. The normalized spacial score (nSPS) is 12.7. The third-order valence-electron chi connectivity index (χ3n) is 11.0. The standard InChI is InChI=1S/C55H39N5O2/c1-4-16-35(17-5-2)52-41-22-12-13-25-45(41)58-55(59-52)42-24-15-27-49-51(42)44-33-39(29-31-47(44)62-49)38-28-30-46-43(32-38)50-40(23-14-26-48(50)61-46)34(3)57-54(37-20-10-7-11-21-37)60-53(56)36-18-8-6-9-19-36/h4-33H,1,3H2,2H3,(H2,56,57,60)/b17-5-,35-16+. The molecule has 0 aliphatic carbocycles. The number of nitrogens with zero attached hydrogens (tertiary/aromatic N) is 4. The summed E-state index contributed by atoms with van der Waals surface area (Å²) in [6.07, 6.45) is 7.82. The van der Waals surface area contributed by atoms with Crippen molar-refractivity contribution < 1.29 is 8.83 Å². The van der Waals surface area contributed by atoms with Crippen molar-refractivity contribution in [3.63, 3.8) is 0 Å². The highest BCUT2D eigenvalue weighted by Gasteiger charge is 2.20. The predicted molar refractivity (Wildman–Crippen MR) is 257 cm³/mol. The number of nitrogens with two attached hydrogens (primary N) is 1. The lowest BCUT2D eigenvalue weighted by atomic mass is 9.98. The smallest absolute Gasteiger partial charge is 0.162 e. The molecular formula is C55H39N5O2. The molecule has 0 unspecified atom stereocenters. The van der Waals surface area contributed by atoms with Crippen LogP contribution in [0.25, 0.3) is 88.6 Å². The van der Waals surface area contributed by atoms with Gasteiger partial charge in [0.15, 0.2) is 11.7 Å². The van der Waals surface area contributed by atoms with Gasteiger partial charge >= 0.3 is 0 Å². The zero-order chi connectivity index (χ0) is 42.2. The lowest BCUT2D eigenvalue weighted by Crippen LogP contribution is -2.16. The highest BCUT2D eigenvalue weighted by molar-refractivity contribution is 6.16. The van der Waals surface area contributed by atoms with Crippen LogP contribution < -0.4 is 5.73 Å². The van der Waals surface area contributed by atoms with Crippen LogP contribution in [-0.4, -0.2) is 21.6 Å². The van der Waals surface area contributed by atoms with Gasteiger partial charge in [0.2, 0.25) is 0 Å². The molecule has 2 N–H and O–H groups in total. The number of aromatic nitrogens is 2. The van der Waals surface area contributed by atoms with E-state index < -0.39 is 0 Å². The summed E-state index contributed by atoms with van der Waals surface area (Å²) in [4.78, 5) is 20.1. The molecule has 0 radical (unpaired) electrons. The first kappa shape index (κ1) is 37.8. The summed E-state index contributed by atoms with van der Waals surface area (Å²) in [5, 5.41) is 4.73. The van der Waals surface area contributed by atoms with E-state index in [-0.39, 0.29) is 0 Å². The molecule has 0 amide bonds. The first-order valence-electron chi connectivity index (χ1n) is 20.3. The summed E-state index contributed by atoms with van der Waals surface area (Å²) in [6, 6.07) is 52.1. The van der Waals surface area contributed by atoms with Crippen molar-refractivity contribution in [2.75, 3.05) is 0 Å². The molecule has 0 spiro atoms. The number of aliphatic imine (C=N–C) groups is 2.